The highest BCUT2D eigenvalue weighted by Crippen LogP contribution is 2.37. The van der Waals surface area contributed by atoms with Crippen molar-refractivity contribution in [1.29, 1.82) is 0 Å². The fraction of sp³-hybridized carbons (Fsp3) is 0.423. The highest BCUT2D eigenvalue weighted by Gasteiger charge is 2.25. The van der Waals surface area contributed by atoms with Crippen LogP contribution in [0.2, 0.25) is 0 Å². The van der Waals surface area contributed by atoms with Gasteiger partial charge >= 0.3 is 6.61 Å². The van der Waals surface area contributed by atoms with E-state index in [0.717, 1.165) is 30.7 Å². The van der Waals surface area contributed by atoms with Crippen LogP contribution in [0, 0.1) is 0 Å². The predicted molar refractivity (Wildman–Crippen MR) is 126 cm³/mol. The first kappa shape index (κ1) is 25.6. The average Bonchev–Trinajstić information content (AvgIpc) is 2.83. The summed E-state index contributed by atoms with van der Waals surface area (Å²) in [6.07, 6.45) is 9.41. The van der Waals surface area contributed by atoms with Gasteiger partial charge in [0.15, 0.2) is 5.78 Å². The van der Waals surface area contributed by atoms with Gasteiger partial charge in [0.25, 0.3) is 0 Å². The molecule has 2 aliphatic rings. The van der Waals surface area contributed by atoms with Crippen LogP contribution in [0.25, 0.3) is 5.57 Å². The first-order valence-corrected chi connectivity index (χ1v) is 11.3. The first-order chi connectivity index (χ1) is 16.4. The number of hydrogen-bond donors (Lipinski definition) is 0. The number of methoxy groups -OCH3 is 1. The molecule has 1 aromatic carbocycles. The molecule has 1 aromatic rings. The van der Waals surface area contributed by atoms with Crippen molar-refractivity contribution in [2.75, 3.05) is 33.5 Å². The fourth-order valence-corrected chi connectivity index (χ4v) is 4.00. The van der Waals surface area contributed by atoms with Crippen molar-refractivity contribution in [1.82, 2.24) is 4.90 Å². The van der Waals surface area contributed by atoms with Crippen molar-refractivity contribution in [3.63, 3.8) is 0 Å². The summed E-state index contributed by atoms with van der Waals surface area (Å²) in [6.45, 7) is 6.62. The number of halogens is 2. The van der Waals surface area contributed by atoms with Gasteiger partial charge in [-0.05, 0) is 42.7 Å². The van der Waals surface area contributed by atoms with Crippen LogP contribution in [-0.4, -0.2) is 56.9 Å². The molecule has 0 N–H and O–H groups in total. The summed E-state index contributed by atoms with van der Waals surface area (Å²) in [6, 6.07) is 3.07. The summed E-state index contributed by atoms with van der Waals surface area (Å²) in [7, 11) is 1.38. The molecule has 8 heteroatoms. The van der Waals surface area contributed by atoms with Crippen molar-refractivity contribution >= 4 is 11.4 Å². The second-order valence-corrected chi connectivity index (χ2v) is 7.93. The van der Waals surface area contributed by atoms with E-state index in [0.29, 0.717) is 31.0 Å². The summed E-state index contributed by atoms with van der Waals surface area (Å²) in [5.74, 6) is -0.513. The molecule has 0 saturated carbocycles. The quantitative estimate of drug-likeness (QED) is 0.424. The molecule has 2 heterocycles. The van der Waals surface area contributed by atoms with Crippen LogP contribution in [-0.2, 0) is 9.47 Å². The third-order valence-electron chi connectivity index (χ3n) is 5.63. The van der Waals surface area contributed by atoms with Crippen molar-refractivity contribution in [3.05, 3.63) is 65.5 Å². The number of rotatable bonds is 10. The molecule has 1 unspecified atom stereocenters. The monoisotopic (exact) mass is 475 g/mol. The van der Waals surface area contributed by atoms with Crippen LogP contribution < -0.4 is 9.47 Å². The van der Waals surface area contributed by atoms with Gasteiger partial charge in [0, 0.05) is 24.0 Å². The minimum atomic E-state index is -3.09. The second-order valence-electron chi connectivity index (χ2n) is 7.93. The molecule has 3 rings (SSSR count). The van der Waals surface area contributed by atoms with Gasteiger partial charge < -0.3 is 23.8 Å². The number of nitrogens with zero attached hydrogens (tertiary/aromatic N) is 1. The lowest BCUT2D eigenvalue weighted by Crippen LogP contribution is -2.32. The van der Waals surface area contributed by atoms with Crippen LogP contribution >= 0.6 is 0 Å². The van der Waals surface area contributed by atoms with Crippen LogP contribution in [0.5, 0.6) is 11.5 Å². The molecule has 0 bridgehead atoms. The Morgan fingerprint density at radius 3 is 2.65 bits per heavy atom. The van der Waals surface area contributed by atoms with E-state index in [1.54, 1.807) is 12.1 Å². The second kappa shape index (κ2) is 11.9. The molecule has 2 aliphatic heterocycles. The standard InChI is InChI=1S/C26H31F2NO5/c1-5-7-10-29-15-18(24-16-32-11-12-33-24)8-9-21(29)20(6-2)19-13-22(31-4)25(17(3)30)23(14-19)34-26(27)28/h6,8-9,13-15,24,26H,2,5,7,10-12,16H2,1,3-4H3/b21-20+. The number of allylic oxidation sites excluding steroid dienone is 3. The lowest BCUT2D eigenvalue weighted by Gasteiger charge is -2.32. The van der Waals surface area contributed by atoms with Crippen LogP contribution in [0.4, 0.5) is 8.78 Å². The summed E-state index contributed by atoms with van der Waals surface area (Å²) in [5, 5.41) is 0. The Kier molecular flexibility index (Phi) is 9.01. The van der Waals surface area contributed by atoms with Crippen LogP contribution in [0.15, 0.2) is 54.4 Å². The number of hydrogen-bond acceptors (Lipinski definition) is 6. The molecular weight excluding hydrogens is 444 g/mol. The Morgan fingerprint density at radius 1 is 1.29 bits per heavy atom. The van der Waals surface area contributed by atoms with E-state index in [4.69, 9.17) is 18.9 Å². The molecule has 184 valence electrons. The van der Waals surface area contributed by atoms with Crippen LogP contribution in [0.3, 0.4) is 0 Å². The number of ketones is 1. The van der Waals surface area contributed by atoms with Crippen molar-refractivity contribution in [2.24, 2.45) is 0 Å². The van der Waals surface area contributed by atoms with E-state index < -0.39 is 12.4 Å². The number of Topliss-reactive ketones (excluding diaryl/α,β-unsaturated/α-hetero) is 1. The molecule has 1 atom stereocenters. The van der Waals surface area contributed by atoms with Gasteiger partial charge in [0.2, 0.25) is 0 Å². The number of benzene rings is 1. The van der Waals surface area contributed by atoms with Gasteiger partial charge in [-0.15, -0.1) is 0 Å². The molecule has 34 heavy (non-hydrogen) atoms. The minimum Gasteiger partial charge on any atom is -0.496 e. The average molecular weight is 476 g/mol. The zero-order chi connectivity index (χ0) is 24.7. The minimum absolute atomic E-state index is 0.0291. The Labute approximate surface area is 199 Å². The van der Waals surface area contributed by atoms with E-state index in [9.17, 15) is 13.6 Å². The lowest BCUT2D eigenvalue weighted by atomic mass is 9.96. The Morgan fingerprint density at radius 2 is 2.06 bits per heavy atom. The van der Waals surface area contributed by atoms with Crippen LogP contribution in [0.1, 0.15) is 42.6 Å². The van der Waals surface area contributed by atoms with E-state index in [1.807, 2.05) is 18.4 Å². The molecule has 0 spiro atoms. The van der Waals surface area contributed by atoms with E-state index >= 15 is 0 Å². The highest BCUT2D eigenvalue weighted by molar-refractivity contribution is 6.00. The summed E-state index contributed by atoms with van der Waals surface area (Å²) < 4.78 is 47.7. The van der Waals surface area contributed by atoms with Gasteiger partial charge in [-0.1, -0.05) is 32.1 Å². The molecule has 0 aliphatic carbocycles. The highest BCUT2D eigenvalue weighted by atomic mass is 19.3. The predicted octanol–water partition coefficient (Wildman–Crippen LogP) is 5.37. The Bertz CT molecular complexity index is 993. The number of ether oxygens (including phenoxy) is 4. The molecule has 1 fully saturated rings. The van der Waals surface area contributed by atoms with Gasteiger partial charge in [-0.3, -0.25) is 4.79 Å². The fourth-order valence-electron chi connectivity index (χ4n) is 4.00. The third-order valence-corrected chi connectivity index (χ3v) is 5.63. The van der Waals surface area contributed by atoms with E-state index in [2.05, 4.69) is 18.4 Å². The van der Waals surface area contributed by atoms with Gasteiger partial charge in [-0.25, -0.2) is 0 Å². The topological polar surface area (TPSA) is 57.2 Å². The maximum atomic E-state index is 13.1. The maximum Gasteiger partial charge on any atom is 0.387 e. The summed E-state index contributed by atoms with van der Waals surface area (Å²) in [5.41, 5.74) is 3.04. The Balaban J connectivity index is 2.10. The first-order valence-electron chi connectivity index (χ1n) is 11.3. The zero-order valence-electron chi connectivity index (χ0n) is 19.8. The maximum absolute atomic E-state index is 13.1. The number of carbonyl (C=O) groups is 1. The zero-order valence-corrected chi connectivity index (χ0v) is 19.8. The van der Waals surface area contributed by atoms with E-state index in [-0.39, 0.29) is 23.2 Å². The number of carbonyl (C=O) groups excluding carboxylic acids is 1. The smallest absolute Gasteiger partial charge is 0.387 e. The molecule has 1 saturated heterocycles. The Hall–Kier alpha value is -2.97. The molecule has 0 amide bonds. The van der Waals surface area contributed by atoms with Crippen molar-refractivity contribution < 1.29 is 32.5 Å². The summed E-state index contributed by atoms with van der Waals surface area (Å²) >= 11 is 0. The molecule has 0 radical (unpaired) electrons. The molecular formula is C26H31F2NO5. The van der Waals surface area contributed by atoms with Gasteiger partial charge in [0.1, 0.15) is 23.2 Å². The lowest BCUT2D eigenvalue weighted by molar-refractivity contribution is -0.0713. The number of unbranched alkanes of at least 4 members (excludes halogenated alkanes) is 1. The summed E-state index contributed by atoms with van der Waals surface area (Å²) in [4.78, 5) is 14.3. The van der Waals surface area contributed by atoms with E-state index in [1.165, 1.54) is 20.1 Å². The van der Waals surface area contributed by atoms with Gasteiger partial charge in [-0.2, -0.15) is 8.78 Å². The van der Waals surface area contributed by atoms with Crippen molar-refractivity contribution in [3.8, 4) is 11.5 Å². The third kappa shape index (κ3) is 5.93. The van der Waals surface area contributed by atoms with Gasteiger partial charge in [0.05, 0.1) is 26.9 Å². The SMILES string of the molecule is C=C/C(=C1/C=CC(C2COCCO2)=CN1CCCC)c1cc(OC)c(C(C)=O)c(OC(F)F)c1. The van der Waals surface area contributed by atoms with Crippen molar-refractivity contribution in [2.45, 2.75) is 39.4 Å². The molecule has 0 aromatic heterocycles. The molecule has 6 nitrogen and oxygen atoms in total. The largest absolute Gasteiger partial charge is 0.496 e. The normalized spacial score (nSPS) is 19.6. The number of alkyl halides is 2.